The molecule has 32 heavy (non-hydrogen) atoms. The molecular weight excluding hydrogens is 411 g/mol. The van der Waals surface area contributed by atoms with Gasteiger partial charge in [-0.05, 0) is 42.0 Å². The molecule has 0 spiro atoms. The Bertz CT molecular complexity index is 1150. The molecule has 3 aromatic carbocycles. The van der Waals surface area contributed by atoms with Crippen LogP contribution in [-0.2, 0) is 29.1 Å². The molecule has 0 radical (unpaired) electrons. The van der Waals surface area contributed by atoms with Gasteiger partial charge >= 0.3 is 0 Å². The van der Waals surface area contributed by atoms with Crippen molar-refractivity contribution in [3.63, 3.8) is 0 Å². The van der Waals surface area contributed by atoms with E-state index in [2.05, 4.69) is 5.32 Å². The van der Waals surface area contributed by atoms with Gasteiger partial charge in [-0.1, -0.05) is 30.3 Å². The maximum absolute atomic E-state index is 14.1. The van der Waals surface area contributed by atoms with Gasteiger partial charge in [0.05, 0.1) is 13.5 Å². The molecule has 0 bridgehead atoms. The summed E-state index contributed by atoms with van der Waals surface area (Å²) in [5.41, 5.74) is 2.61. The number of rotatable bonds is 6. The van der Waals surface area contributed by atoms with Gasteiger partial charge in [0, 0.05) is 29.9 Å². The van der Waals surface area contributed by atoms with E-state index in [1.54, 1.807) is 48.4 Å². The summed E-state index contributed by atoms with van der Waals surface area (Å²) < 4.78 is 24.9. The molecule has 0 aromatic heterocycles. The Kier molecular flexibility index (Phi) is 6.35. The van der Waals surface area contributed by atoms with Crippen LogP contribution in [0.2, 0.25) is 0 Å². The molecule has 1 aliphatic heterocycles. The first-order chi connectivity index (χ1) is 15.5. The van der Waals surface area contributed by atoms with Gasteiger partial charge in [0.15, 0.2) is 6.61 Å². The number of carbonyl (C=O) groups is 2. The molecule has 1 aliphatic rings. The average molecular weight is 434 g/mol. The van der Waals surface area contributed by atoms with Crippen molar-refractivity contribution < 1.29 is 23.5 Å². The third kappa shape index (κ3) is 5.06. The monoisotopic (exact) mass is 434 g/mol. The summed E-state index contributed by atoms with van der Waals surface area (Å²) in [7, 11) is 1.58. The number of fused-ring (bicyclic) bond motifs is 1. The summed E-state index contributed by atoms with van der Waals surface area (Å²) in [6, 6.07) is 19.0. The molecule has 4 rings (SSSR count). The second kappa shape index (κ2) is 9.51. The minimum absolute atomic E-state index is 0.122. The van der Waals surface area contributed by atoms with E-state index in [9.17, 15) is 14.0 Å². The fourth-order valence-electron chi connectivity index (χ4n) is 3.60. The normalized spacial score (nSPS) is 13.1. The predicted octanol–water partition coefficient (Wildman–Crippen LogP) is 3.94. The number of halogens is 1. The minimum Gasteiger partial charge on any atom is -0.497 e. The van der Waals surface area contributed by atoms with Gasteiger partial charge in [0.25, 0.3) is 5.91 Å². The lowest BCUT2D eigenvalue weighted by molar-refractivity contribution is -0.133. The molecule has 0 saturated heterocycles. The zero-order valence-electron chi connectivity index (χ0n) is 17.6. The number of methoxy groups -OCH3 is 1. The van der Waals surface area contributed by atoms with Gasteiger partial charge < -0.3 is 19.7 Å². The Morgan fingerprint density at radius 2 is 1.97 bits per heavy atom. The molecule has 3 aromatic rings. The first-order valence-electron chi connectivity index (χ1n) is 10.2. The fraction of sp³-hybridized carbons (Fsp3) is 0.200. The fourth-order valence-corrected chi connectivity index (χ4v) is 3.60. The first-order valence-corrected chi connectivity index (χ1v) is 10.2. The van der Waals surface area contributed by atoms with Gasteiger partial charge in [-0.3, -0.25) is 9.59 Å². The maximum atomic E-state index is 14.1. The van der Waals surface area contributed by atoms with E-state index >= 15 is 0 Å². The topological polar surface area (TPSA) is 67.9 Å². The molecule has 7 heteroatoms. The molecule has 1 N–H and O–H groups in total. The molecule has 0 aliphatic carbocycles. The molecule has 0 saturated carbocycles. The number of carbonyl (C=O) groups excluding carboxylic acids is 2. The van der Waals surface area contributed by atoms with Crippen LogP contribution in [0.15, 0.2) is 66.7 Å². The summed E-state index contributed by atoms with van der Waals surface area (Å²) in [6.07, 6.45) is 0.197. The quantitative estimate of drug-likeness (QED) is 0.638. The molecule has 0 unspecified atom stereocenters. The second-order valence-electron chi connectivity index (χ2n) is 7.53. The Hall–Kier alpha value is -3.87. The van der Waals surface area contributed by atoms with E-state index in [1.165, 1.54) is 6.07 Å². The number of anilines is 1. The van der Waals surface area contributed by atoms with Crippen molar-refractivity contribution in [1.29, 1.82) is 0 Å². The molecule has 6 nitrogen and oxygen atoms in total. The Morgan fingerprint density at radius 1 is 1.12 bits per heavy atom. The van der Waals surface area contributed by atoms with Crippen molar-refractivity contribution in [2.24, 2.45) is 0 Å². The lowest BCUT2D eigenvalue weighted by Gasteiger charge is -2.20. The number of amides is 2. The van der Waals surface area contributed by atoms with Crippen LogP contribution in [0.4, 0.5) is 10.1 Å². The second-order valence-corrected chi connectivity index (χ2v) is 7.53. The van der Waals surface area contributed by atoms with Gasteiger partial charge in [0.1, 0.15) is 17.3 Å². The first kappa shape index (κ1) is 21.4. The highest BCUT2D eigenvalue weighted by atomic mass is 19.1. The van der Waals surface area contributed by atoms with Crippen LogP contribution in [0.5, 0.6) is 11.5 Å². The van der Waals surface area contributed by atoms with Crippen LogP contribution < -0.4 is 14.8 Å². The van der Waals surface area contributed by atoms with Crippen LogP contribution in [-0.4, -0.2) is 30.4 Å². The highest BCUT2D eigenvalue weighted by molar-refractivity contribution is 5.92. The summed E-state index contributed by atoms with van der Waals surface area (Å²) in [6.45, 7) is 0.270. The van der Waals surface area contributed by atoms with Crippen LogP contribution in [0.1, 0.15) is 16.7 Å². The third-order valence-corrected chi connectivity index (χ3v) is 5.23. The van der Waals surface area contributed by atoms with Gasteiger partial charge in [-0.2, -0.15) is 0 Å². The number of ether oxygens (including phenoxy) is 2. The van der Waals surface area contributed by atoms with E-state index in [1.807, 2.05) is 24.3 Å². The largest absolute Gasteiger partial charge is 0.497 e. The Balaban J connectivity index is 1.47. The van der Waals surface area contributed by atoms with Crippen LogP contribution >= 0.6 is 0 Å². The third-order valence-electron chi connectivity index (χ3n) is 5.23. The molecule has 0 fully saturated rings. The molecule has 2 amide bonds. The highest BCUT2D eigenvalue weighted by Gasteiger charge is 2.23. The molecular formula is C25H23FN2O4. The molecule has 1 heterocycles. The average Bonchev–Trinajstić information content (AvgIpc) is 2.94. The van der Waals surface area contributed by atoms with E-state index < -0.39 is 0 Å². The number of nitrogens with zero attached hydrogens (tertiary/aromatic N) is 1. The van der Waals surface area contributed by atoms with Crippen LogP contribution in [0.25, 0.3) is 0 Å². The van der Waals surface area contributed by atoms with Crippen molar-refractivity contribution in [3.05, 3.63) is 89.2 Å². The van der Waals surface area contributed by atoms with Crippen molar-refractivity contribution >= 4 is 17.5 Å². The van der Waals surface area contributed by atoms with E-state index in [4.69, 9.17) is 9.47 Å². The minimum atomic E-state index is -0.357. The maximum Gasteiger partial charge on any atom is 0.261 e. The number of nitrogens with one attached hydrogen (secondary N) is 1. The summed E-state index contributed by atoms with van der Waals surface area (Å²) in [4.78, 5) is 26.6. The number of hydrogen-bond donors (Lipinski definition) is 1. The predicted molar refractivity (Wildman–Crippen MR) is 118 cm³/mol. The van der Waals surface area contributed by atoms with Crippen molar-refractivity contribution in [1.82, 2.24) is 4.90 Å². The van der Waals surface area contributed by atoms with Gasteiger partial charge in [-0.25, -0.2) is 4.39 Å². The van der Waals surface area contributed by atoms with E-state index in [0.717, 1.165) is 11.1 Å². The van der Waals surface area contributed by atoms with Crippen LogP contribution in [0, 0.1) is 5.82 Å². The lowest BCUT2D eigenvalue weighted by atomic mass is 10.1. The summed E-state index contributed by atoms with van der Waals surface area (Å²) in [5, 5.41) is 2.88. The SMILES string of the molecule is COc1cccc(CC(=O)Nc2ccc3c(c2)CN(Cc2ccccc2F)C(=O)CO3)c1. The number of hydrogen-bond acceptors (Lipinski definition) is 4. The lowest BCUT2D eigenvalue weighted by Crippen LogP contribution is -2.32. The van der Waals surface area contributed by atoms with Crippen molar-refractivity contribution in [2.45, 2.75) is 19.5 Å². The number of benzene rings is 3. The van der Waals surface area contributed by atoms with Crippen molar-refractivity contribution in [2.75, 3.05) is 19.0 Å². The smallest absolute Gasteiger partial charge is 0.261 e. The standard InChI is InChI=1S/C25H23FN2O4/c1-31-21-7-4-5-17(11-21)12-24(29)27-20-9-10-23-19(13-20)15-28(25(30)16-32-23)14-18-6-2-3-8-22(18)26/h2-11,13H,12,14-16H2,1H3,(H,27,29). The van der Waals surface area contributed by atoms with E-state index in [-0.39, 0.29) is 43.7 Å². The zero-order chi connectivity index (χ0) is 22.5. The summed E-state index contributed by atoms with van der Waals surface area (Å²) >= 11 is 0. The van der Waals surface area contributed by atoms with E-state index in [0.29, 0.717) is 22.7 Å². The Labute approximate surface area is 185 Å². The van der Waals surface area contributed by atoms with Gasteiger partial charge in [-0.15, -0.1) is 0 Å². The zero-order valence-corrected chi connectivity index (χ0v) is 17.6. The van der Waals surface area contributed by atoms with Crippen LogP contribution in [0.3, 0.4) is 0 Å². The highest BCUT2D eigenvalue weighted by Crippen LogP contribution is 2.28. The molecule has 0 atom stereocenters. The molecule has 164 valence electrons. The van der Waals surface area contributed by atoms with Crippen molar-refractivity contribution in [3.8, 4) is 11.5 Å². The van der Waals surface area contributed by atoms with Gasteiger partial charge in [0.2, 0.25) is 5.91 Å². The Morgan fingerprint density at radius 3 is 2.78 bits per heavy atom. The summed E-state index contributed by atoms with van der Waals surface area (Å²) in [5.74, 6) is 0.501.